The minimum atomic E-state index is -0.478. The summed E-state index contributed by atoms with van der Waals surface area (Å²) in [5.74, 6) is 0.0263. The van der Waals surface area contributed by atoms with E-state index < -0.39 is 6.04 Å². The van der Waals surface area contributed by atoms with Gasteiger partial charge in [-0.05, 0) is 24.5 Å². The summed E-state index contributed by atoms with van der Waals surface area (Å²) < 4.78 is 7.28. The summed E-state index contributed by atoms with van der Waals surface area (Å²) in [6, 6.07) is 7.32. The van der Waals surface area contributed by atoms with Crippen LogP contribution in [-0.2, 0) is 27.5 Å². The zero-order valence-electron chi connectivity index (χ0n) is 13.7. The average molecular weight is 327 g/mol. The SMILES string of the molecule is COCn1cc(C[C@@H]2NC(=O)[C@@H]3CCCN3C2=O)c2ccccc21. The van der Waals surface area contributed by atoms with Crippen molar-refractivity contribution in [3.05, 3.63) is 36.0 Å². The van der Waals surface area contributed by atoms with Crippen LogP contribution in [0.2, 0.25) is 0 Å². The zero-order chi connectivity index (χ0) is 16.7. The van der Waals surface area contributed by atoms with Gasteiger partial charge in [-0.15, -0.1) is 0 Å². The molecule has 2 amide bonds. The second kappa shape index (κ2) is 5.94. The molecule has 2 aliphatic heterocycles. The standard InChI is InChI=1S/C18H21N3O3/c1-24-11-20-10-12(13-5-2-3-6-15(13)20)9-14-18(23)21-8-4-7-16(21)17(22)19-14/h2-3,5-6,10,14,16H,4,7-9,11H2,1H3,(H,19,22)/t14-,16-/m0/s1. The van der Waals surface area contributed by atoms with Crippen molar-refractivity contribution in [1.29, 1.82) is 0 Å². The molecule has 6 heteroatoms. The molecular formula is C18H21N3O3. The van der Waals surface area contributed by atoms with E-state index in [-0.39, 0.29) is 17.9 Å². The summed E-state index contributed by atoms with van der Waals surface area (Å²) >= 11 is 0. The molecule has 0 radical (unpaired) electrons. The molecule has 0 unspecified atom stereocenters. The molecule has 1 aromatic carbocycles. The van der Waals surface area contributed by atoms with Crippen molar-refractivity contribution in [3.63, 3.8) is 0 Å². The first-order valence-corrected chi connectivity index (χ1v) is 8.35. The molecule has 4 rings (SSSR count). The second-order valence-corrected chi connectivity index (χ2v) is 6.51. The van der Waals surface area contributed by atoms with E-state index in [9.17, 15) is 9.59 Å². The van der Waals surface area contributed by atoms with Gasteiger partial charge < -0.3 is 19.5 Å². The molecule has 3 heterocycles. The Morgan fingerprint density at radius 2 is 2.12 bits per heavy atom. The predicted octanol–water partition coefficient (Wildman–Crippen LogP) is 1.28. The van der Waals surface area contributed by atoms with Crippen LogP contribution < -0.4 is 5.32 Å². The van der Waals surface area contributed by atoms with Gasteiger partial charge in [0.2, 0.25) is 11.8 Å². The Balaban J connectivity index is 1.64. The number of benzene rings is 1. The minimum Gasteiger partial charge on any atom is -0.364 e. The van der Waals surface area contributed by atoms with E-state index in [4.69, 9.17) is 4.74 Å². The predicted molar refractivity (Wildman–Crippen MR) is 89.3 cm³/mol. The lowest BCUT2D eigenvalue weighted by atomic mass is 10.0. The number of methoxy groups -OCH3 is 1. The lowest BCUT2D eigenvalue weighted by molar-refractivity contribution is -0.146. The van der Waals surface area contributed by atoms with Gasteiger partial charge in [-0.25, -0.2) is 0 Å². The number of nitrogens with zero attached hydrogens (tertiary/aromatic N) is 2. The molecule has 0 aliphatic carbocycles. The molecule has 2 aromatic rings. The molecule has 0 spiro atoms. The number of hydrogen-bond donors (Lipinski definition) is 1. The molecule has 0 saturated carbocycles. The maximum Gasteiger partial charge on any atom is 0.246 e. The number of carbonyl (C=O) groups excluding carboxylic acids is 2. The summed E-state index contributed by atoms with van der Waals surface area (Å²) in [4.78, 5) is 26.7. The first-order valence-electron chi connectivity index (χ1n) is 8.35. The molecular weight excluding hydrogens is 306 g/mol. The minimum absolute atomic E-state index is 0.0160. The van der Waals surface area contributed by atoms with Crippen LogP contribution in [0.15, 0.2) is 30.5 Å². The molecule has 1 aromatic heterocycles. The molecule has 2 atom stereocenters. The van der Waals surface area contributed by atoms with E-state index in [1.807, 2.05) is 35.0 Å². The highest BCUT2D eigenvalue weighted by molar-refractivity contribution is 5.98. The van der Waals surface area contributed by atoms with Crippen LogP contribution in [0.4, 0.5) is 0 Å². The normalized spacial score (nSPS) is 23.6. The summed E-state index contributed by atoms with van der Waals surface area (Å²) in [5, 5.41) is 4.02. The van der Waals surface area contributed by atoms with E-state index in [0.29, 0.717) is 19.7 Å². The van der Waals surface area contributed by atoms with E-state index in [0.717, 1.165) is 29.3 Å². The van der Waals surface area contributed by atoms with Crippen LogP contribution in [0.5, 0.6) is 0 Å². The summed E-state index contributed by atoms with van der Waals surface area (Å²) in [5.41, 5.74) is 2.13. The number of hydrogen-bond acceptors (Lipinski definition) is 3. The van der Waals surface area contributed by atoms with E-state index in [1.165, 1.54) is 0 Å². The first-order chi connectivity index (χ1) is 11.7. The topological polar surface area (TPSA) is 63.6 Å². The van der Waals surface area contributed by atoms with Crippen molar-refractivity contribution in [3.8, 4) is 0 Å². The molecule has 2 saturated heterocycles. The van der Waals surface area contributed by atoms with Crippen molar-refractivity contribution in [1.82, 2.24) is 14.8 Å². The Kier molecular flexibility index (Phi) is 3.76. The van der Waals surface area contributed by atoms with Gasteiger partial charge in [0.05, 0.1) is 5.52 Å². The first kappa shape index (κ1) is 15.2. The quantitative estimate of drug-likeness (QED) is 0.920. The Hall–Kier alpha value is -2.34. The monoisotopic (exact) mass is 327 g/mol. The van der Waals surface area contributed by atoms with Crippen LogP contribution in [0, 0.1) is 0 Å². The van der Waals surface area contributed by atoms with Crippen molar-refractivity contribution in [2.24, 2.45) is 0 Å². The third-order valence-electron chi connectivity index (χ3n) is 5.02. The van der Waals surface area contributed by atoms with Crippen LogP contribution in [-0.4, -0.2) is 47.0 Å². The summed E-state index contributed by atoms with van der Waals surface area (Å²) in [6.07, 6.45) is 4.20. The summed E-state index contributed by atoms with van der Waals surface area (Å²) in [7, 11) is 1.66. The molecule has 2 fully saturated rings. The number of amides is 2. The highest BCUT2D eigenvalue weighted by Crippen LogP contribution is 2.26. The highest BCUT2D eigenvalue weighted by atomic mass is 16.5. The number of carbonyl (C=O) groups is 2. The van der Waals surface area contributed by atoms with Gasteiger partial charge in [0.25, 0.3) is 0 Å². The Morgan fingerprint density at radius 3 is 2.96 bits per heavy atom. The lowest BCUT2D eigenvalue weighted by Crippen LogP contribution is -2.61. The van der Waals surface area contributed by atoms with Gasteiger partial charge in [0, 0.05) is 31.7 Å². The van der Waals surface area contributed by atoms with Crippen molar-refractivity contribution in [2.75, 3.05) is 13.7 Å². The Labute approximate surface area is 140 Å². The number of ether oxygens (including phenoxy) is 1. The van der Waals surface area contributed by atoms with Crippen molar-refractivity contribution < 1.29 is 14.3 Å². The maximum absolute atomic E-state index is 12.7. The number of aromatic nitrogens is 1. The fraction of sp³-hybridized carbons (Fsp3) is 0.444. The van der Waals surface area contributed by atoms with Crippen LogP contribution >= 0.6 is 0 Å². The summed E-state index contributed by atoms with van der Waals surface area (Å²) in [6.45, 7) is 1.15. The van der Waals surface area contributed by atoms with Crippen molar-refractivity contribution >= 4 is 22.7 Å². The van der Waals surface area contributed by atoms with Gasteiger partial charge >= 0.3 is 0 Å². The fourth-order valence-corrected chi connectivity index (χ4v) is 3.92. The van der Waals surface area contributed by atoms with E-state index in [2.05, 4.69) is 5.32 Å². The molecule has 24 heavy (non-hydrogen) atoms. The zero-order valence-corrected chi connectivity index (χ0v) is 13.7. The van der Waals surface area contributed by atoms with Crippen LogP contribution in [0.25, 0.3) is 10.9 Å². The van der Waals surface area contributed by atoms with Gasteiger partial charge in [-0.3, -0.25) is 9.59 Å². The maximum atomic E-state index is 12.7. The Morgan fingerprint density at radius 1 is 1.29 bits per heavy atom. The number of nitrogens with one attached hydrogen (secondary N) is 1. The number of rotatable bonds is 4. The molecule has 1 N–H and O–H groups in total. The number of fused-ring (bicyclic) bond motifs is 2. The van der Waals surface area contributed by atoms with Crippen LogP contribution in [0.1, 0.15) is 18.4 Å². The highest BCUT2D eigenvalue weighted by Gasteiger charge is 2.42. The van der Waals surface area contributed by atoms with Crippen LogP contribution in [0.3, 0.4) is 0 Å². The van der Waals surface area contributed by atoms with Crippen molar-refractivity contribution in [2.45, 2.75) is 38.1 Å². The fourth-order valence-electron chi connectivity index (χ4n) is 3.92. The lowest BCUT2D eigenvalue weighted by Gasteiger charge is -2.34. The van der Waals surface area contributed by atoms with Gasteiger partial charge in [0.1, 0.15) is 18.8 Å². The average Bonchev–Trinajstić information content (AvgIpc) is 3.20. The molecule has 126 valence electrons. The molecule has 6 nitrogen and oxygen atoms in total. The van der Waals surface area contributed by atoms with Gasteiger partial charge in [-0.1, -0.05) is 18.2 Å². The third-order valence-corrected chi connectivity index (χ3v) is 5.02. The van der Waals surface area contributed by atoms with E-state index in [1.54, 1.807) is 12.0 Å². The number of para-hydroxylation sites is 1. The smallest absolute Gasteiger partial charge is 0.246 e. The number of piperazine rings is 1. The van der Waals surface area contributed by atoms with Gasteiger partial charge in [-0.2, -0.15) is 0 Å². The van der Waals surface area contributed by atoms with E-state index >= 15 is 0 Å². The molecule has 2 aliphatic rings. The van der Waals surface area contributed by atoms with Gasteiger partial charge in [0.15, 0.2) is 0 Å². The third kappa shape index (κ3) is 2.38. The second-order valence-electron chi connectivity index (χ2n) is 6.51. The molecule has 0 bridgehead atoms. The largest absolute Gasteiger partial charge is 0.364 e. The Bertz CT molecular complexity index is 798.